The van der Waals surface area contributed by atoms with Crippen molar-refractivity contribution in [1.82, 2.24) is 14.8 Å². The summed E-state index contributed by atoms with van der Waals surface area (Å²) in [6, 6.07) is 11.0. The quantitative estimate of drug-likeness (QED) is 0.865. The van der Waals surface area contributed by atoms with Gasteiger partial charge in [0, 0.05) is 38.6 Å². The number of hydrogen-bond acceptors (Lipinski definition) is 3. The van der Waals surface area contributed by atoms with Crippen molar-refractivity contribution in [2.45, 2.75) is 19.5 Å². The monoisotopic (exact) mass is 299 g/mol. The molecule has 0 atom stereocenters. The van der Waals surface area contributed by atoms with Gasteiger partial charge in [-0.2, -0.15) is 0 Å². The van der Waals surface area contributed by atoms with Crippen LogP contribution < -0.4 is 0 Å². The van der Waals surface area contributed by atoms with Crippen molar-refractivity contribution in [3.8, 4) is 0 Å². The Bertz CT molecular complexity index is 571. The number of rotatable bonds is 4. The van der Waals surface area contributed by atoms with Crippen molar-refractivity contribution in [2.24, 2.45) is 0 Å². The number of pyridine rings is 1. The molecule has 0 radical (unpaired) electrons. The van der Waals surface area contributed by atoms with Crippen LogP contribution in [0, 0.1) is 5.82 Å². The zero-order valence-corrected chi connectivity index (χ0v) is 12.8. The maximum Gasteiger partial charge on any atom is 0.123 e. The highest BCUT2D eigenvalue weighted by atomic mass is 19.1. The van der Waals surface area contributed by atoms with E-state index in [1.165, 1.54) is 17.5 Å². The van der Waals surface area contributed by atoms with Gasteiger partial charge in [-0.15, -0.1) is 0 Å². The molecule has 1 aromatic heterocycles. The van der Waals surface area contributed by atoms with Gasteiger partial charge < -0.3 is 0 Å². The SMILES string of the molecule is Fc1ccc(CN2CCCN(Cc3cccnc3)CC2)cc1. The fourth-order valence-corrected chi connectivity index (χ4v) is 2.94. The average molecular weight is 299 g/mol. The molecule has 0 saturated carbocycles. The van der Waals surface area contributed by atoms with Crippen LogP contribution >= 0.6 is 0 Å². The topological polar surface area (TPSA) is 19.4 Å². The Hall–Kier alpha value is -1.78. The standard InChI is InChI=1S/C18H22FN3/c19-18-6-4-16(5-7-18)14-21-9-2-10-22(12-11-21)15-17-3-1-8-20-13-17/h1,3-8,13H,2,9-12,14-15H2. The molecule has 1 aliphatic rings. The lowest BCUT2D eigenvalue weighted by Gasteiger charge is -2.21. The fourth-order valence-electron chi connectivity index (χ4n) is 2.94. The molecule has 1 fully saturated rings. The summed E-state index contributed by atoms with van der Waals surface area (Å²) in [5, 5.41) is 0. The molecule has 2 aromatic rings. The van der Waals surface area contributed by atoms with Gasteiger partial charge in [0.25, 0.3) is 0 Å². The number of aromatic nitrogens is 1. The van der Waals surface area contributed by atoms with E-state index < -0.39 is 0 Å². The predicted octanol–water partition coefficient (Wildman–Crippen LogP) is 2.93. The van der Waals surface area contributed by atoms with Gasteiger partial charge in [0.1, 0.15) is 5.82 Å². The first kappa shape index (κ1) is 15.1. The molecule has 0 spiro atoms. The van der Waals surface area contributed by atoms with Gasteiger partial charge in [-0.3, -0.25) is 14.8 Å². The Morgan fingerprint density at radius 2 is 1.55 bits per heavy atom. The van der Waals surface area contributed by atoms with Crippen molar-refractivity contribution >= 4 is 0 Å². The third kappa shape index (κ3) is 4.36. The van der Waals surface area contributed by atoms with Crippen molar-refractivity contribution in [3.63, 3.8) is 0 Å². The van der Waals surface area contributed by atoms with Crippen LogP contribution in [-0.2, 0) is 13.1 Å². The van der Waals surface area contributed by atoms with E-state index in [0.717, 1.165) is 39.3 Å². The van der Waals surface area contributed by atoms with E-state index in [0.29, 0.717) is 0 Å². The Kier molecular flexibility index (Phi) is 5.14. The summed E-state index contributed by atoms with van der Waals surface area (Å²) in [5.74, 6) is -0.165. The predicted molar refractivity (Wildman–Crippen MR) is 85.8 cm³/mol. The van der Waals surface area contributed by atoms with Gasteiger partial charge in [0.15, 0.2) is 0 Å². The molecule has 3 nitrogen and oxygen atoms in total. The molecule has 0 N–H and O–H groups in total. The van der Waals surface area contributed by atoms with E-state index in [2.05, 4.69) is 20.9 Å². The molecule has 116 valence electrons. The summed E-state index contributed by atoms with van der Waals surface area (Å²) in [7, 11) is 0. The van der Waals surface area contributed by atoms with Crippen LogP contribution in [0.4, 0.5) is 4.39 Å². The average Bonchev–Trinajstić information content (AvgIpc) is 2.76. The largest absolute Gasteiger partial charge is 0.298 e. The van der Waals surface area contributed by atoms with Crippen LogP contribution in [-0.4, -0.2) is 41.0 Å². The maximum absolute atomic E-state index is 13.0. The van der Waals surface area contributed by atoms with Crippen molar-refractivity contribution in [3.05, 3.63) is 65.7 Å². The minimum atomic E-state index is -0.165. The number of nitrogens with zero attached hydrogens (tertiary/aromatic N) is 3. The van der Waals surface area contributed by atoms with E-state index in [-0.39, 0.29) is 5.82 Å². The van der Waals surface area contributed by atoms with Gasteiger partial charge in [-0.05, 0) is 48.8 Å². The first-order chi connectivity index (χ1) is 10.8. The van der Waals surface area contributed by atoms with Crippen molar-refractivity contribution in [2.75, 3.05) is 26.2 Å². The lowest BCUT2D eigenvalue weighted by Crippen LogP contribution is -2.30. The molecule has 3 rings (SSSR count). The Morgan fingerprint density at radius 3 is 2.18 bits per heavy atom. The molecule has 0 aliphatic carbocycles. The van der Waals surface area contributed by atoms with Crippen LogP contribution in [0.2, 0.25) is 0 Å². The van der Waals surface area contributed by atoms with Crippen LogP contribution in [0.15, 0.2) is 48.8 Å². The second kappa shape index (κ2) is 7.47. The third-order valence-electron chi connectivity index (χ3n) is 4.13. The lowest BCUT2D eigenvalue weighted by atomic mass is 10.2. The van der Waals surface area contributed by atoms with Crippen LogP contribution in [0.3, 0.4) is 0 Å². The van der Waals surface area contributed by atoms with Crippen LogP contribution in [0.1, 0.15) is 17.5 Å². The summed E-state index contributed by atoms with van der Waals surface area (Å²) in [4.78, 5) is 9.13. The number of benzene rings is 1. The molecular formula is C18H22FN3. The summed E-state index contributed by atoms with van der Waals surface area (Å²) in [6.45, 7) is 6.21. The zero-order chi connectivity index (χ0) is 15.2. The highest BCUT2D eigenvalue weighted by molar-refractivity contribution is 5.16. The number of hydrogen-bond donors (Lipinski definition) is 0. The first-order valence-corrected chi connectivity index (χ1v) is 7.88. The van der Waals surface area contributed by atoms with Crippen LogP contribution in [0.25, 0.3) is 0 Å². The Labute approximate surface area is 131 Å². The molecule has 4 heteroatoms. The van der Waals surface area contributed by atoms with E-state index in [1.54, 1.807) is 12.1 Å². The van der Waals surface area contributed by atoms with Gasteiger partial charge >= 0.3 is 0 Å². The van der Waals surface area contributed by atoms with E-state index in [4.69, 9.17) is 0 Å². The molecule has 0 unspecified atom stereocenters. The van der Waals surface area contributed by atoms with Gasteiger partial charge in [-0.25, -0.2) is 4.39 Å². The molecule has 1 saturated heterocycles. The number of halogens is 1. The van der Waals surface area contributed by atoms with Crippen molar-refractivity contribution < 1.29 is 4.39 Å². The molecule has 0 amide bonds. The third-order valence-corrected chi connectivity index (χ3v) is 4.13. The highest BCUT2D eigenvalue weighted by Gasteiger charge is 2.15. The van der Waals surface area contributed by atoms with E-state index >= 15 is 0 Å². The zero-order valence-electron chi connectivity index (χ0n) is 12.8. The molecule has 1 aromatic carbocycles. The van der Waals surface area contributed by atoms with Gasteiger partial charge in [0.2, 0.25) is 0 Å². The summed E-state index contributed by atoms with van der Waals surface area (Å²) in [6.07, 6.45) is 4.93. The maximum atomic E-state index is 13.0. The van der Waals surface area contributed by atoms with E-state index in [1.807, 2.05) is 30.6 Å². The first-order valence-electron chi connectivity index (χ1n) is 7.88. The lowest BCUT2D eigenvalue weighted by molar-refractivity contribution is 0.247. The van der Waals surface area contributed by atoms with Crippen molar-refractivity contribution in [1.29, 1.82) is 0 Å². The van der Waals surface area contributed by atoms with Gasteiger partial charge in [0.05, 0.1) is 0 Å². The van der Waals surface area contributed by atoms with Gasteiger partial charge in [-0.1, -0.05) is 18.2 Å². The van der Waals surface area contributed by atoms with E-state index in [9.17, 15) is 4.39 Å². The minimum Gasteiger partial charge on any atom is -0.298 e. The second-order valence-electron chi connectivity index (χ2n) is 5.89. The van der Waals surface area contributed by atoms with Crippen LogP contribution in [0.5, 0.6) is 0 Å². The highest BCUT2D eigenvalue weighted by Crippen LogP contribution is 2.12. The second-order valence-corrected chi connectivity index (χ2v) is 5.89. The fraction of sp³-hybridized carbons (Fsp3) is 0.389. The summed E-state index contributed by atoms with van der Waals surface area (Å²) < 4.78 is 13.0. The normalized spacial score (nSPS) is 17.3. The molecule has 0 bridgehead atoms. The molecule has 22 heavy (non-hydrogen) atoms. The summed E-state index contributed by atoms with van der Waals surface area (Å²) >= 11 is 0. The minimum absolute atomic E-state index is 0.165. The Balaban J connectivity index is 1.52. The smallest absolute Gasteiger partial charge is 0.123 e. The molecule has 2 heterocycles. The molecule has 1 aliphatic heterocycles. The Morgan fingerprint density at radius 1 is 0.864 bits per heavy atom. The summed E-state index contributed by atoms with van der Waals surface area (Å²) in [5.41, 5.74) is 2.46. The molecular weight excluding hydrogens is 277 g/mol.